The predicted molar refractivity (Wildman–Crippen MR) is 49.4 cm³/mol. The Balaban J connectivity index is 0.00000144. The molecule has 0 amide bonds. The molecule has 0 atom stereocenters. The van der Waals surface area contributed by atoms with Crippen molar-refractivity contribution >= 4 is 18.2 Å². The van der Waals surface area contributed by atoms with Gasteiger partial charge in [0.1, 0.15) is 5.84 Å². The highest BCUT2D eigenvalue weighted by atomic mass is 35.5. The molecule has 0 fully saturated rings. The monoisotopic (exact) mass is 206 g/mol. The van der Waals surface area contributed by atoms with Crippen LogP contribution in [0.1, 0.15) is 11.1 Å². The molecule has 0 aliphatic carbocycles. The van der Waals surface area contributed by atoms with E-state index in [0.717, 1.165) is 12.1 Å². The average molecular weight is 207 g/mol. The van der Waals surface area contributed by atoms with Gasteiger partial charge in [-0.3, -0.25) is 5.41 Å². The van der Waals surface area contributed by atoms with Crippen LogP contribution in [0.3, 0.4) is 0 Å². The summed E-state index contributed by atoms with van der Waals surface area (Å²) in [5, 5.41) is 7.03. The summed E-state index contributed by atoms with van der Waals surface area (Å²) < 4.78 is 25.1. The highest BCUT2D eigenvalue weighted by Gasteiger charge is 2.07. The zero-order valence-corrected chi connectivity index (χ0v) is 7.71. The third-order valence-electron chi connectivity index (χ3n) is 1.56. The molecule has 0 radical (unpaired) electrons. The summed E-state index contributed by atoms with van der Waals surface area (Å²) in [6, 6.07) is 1.94. The Labute approximate surface area is 80.7 Å². The van der Waals surface area contributed by atoms with E-state index < -0.39 is 11.6 Å². The van der Waals surface area contributed by atoms with Gasteiger partial charge >= 0.3 is 0 Å². The van der Waals surface area contributed by atoms with Gasteiger partial charge < -0.3 is 5.73 Å². The van der Waals surface area contributed by atoms with E-state index in [1.54, 1.807) is 6.92 Å². The molecule has 5 heteroatoms. The molecule has 0 aliphatic rings. The Hall–Kier alpha value is -1.16. The van der Waals surface area contributed by atoms with Crippen LogP contribution in [-0.4, -0.2) is 5.84 Å². The van der Waals surface area contributed by atoms with Gasteiger partial charge in [0, 0.05) is 5.56 Å². The lowest BCUT2D eigenvalue weighted by Crippen LogP contribution is -2.13. The van der Waals surface area contributed by atoms with Gasteiger partial charge in [-0.25, -0.2) is 8.78 Å². The van der Waals surface area contributed by atoms with Crippen molar-refractivity contribution in [1.29, 1.82) is 5.41 Å². The van der Waals surface area contributed by atoms with Crippen LogP contribution in [0.5, 0.6) is 0 Å². The topological polar surface area (TPSA) is 49.9 Å². The first-order valence-electron chi connectivity index (χ1n) is 3.32. The highest BCUT2D eigenvalue weighted by molar-refractivity contribution is 5.96. The Morgan fingerprint density at radius 1 is 1.31 bits per heavy atom. The third kappa shape index (κ3) is 2.39. The van der Waals surface area contributed by atoms with Crippen molar-refractivity contribution in [2.75, 3.05) is 0 Å². The number of benzene rings is 1. The molecule has 0 heterocycles. The molecule has 1 aromatic carbocycles. The molecule has 0 aromatic heterocycles. The number of hydrogen-bond donors (Lipinski definition) is 2. The van der Waals surface area contributed by atoms with Gasteiger partial charge in [0.05, 0.1) is 0 Å². The van der Waals surface area contributed by atoms with Gasteiger partial charge in [-0.15, -0.1) is 12.4 Å². The number of halogens is 3. The van der Waals surface area contributed by atoms with Gasteiger partial charge in [-0.05, 0) is 24.6 Å². The normalized spacial score (nSPS) is 9.15. The van der Waals surface area contributed by atoms with E-state index in [1.165, 1.54) is 0 Å². The first-order chi connectivity index (χ1) is 5.52. The molecule has 2 nitrogen and oxygen atoms in total. The molecular formula is C8H9ClF2N2. The second-order valence-corrected chi connectivity index (χ2v) is 2.49. The molecule has 3 N–H and O–H groups in total. The van der Waals surface area contributed by atoms with Crippen LogP contribution in [0, 0.1) is 24.0 Å². The van der Waals surface area contributed by atoms with Crippen LogP contribution in [0.2, 0.25) is 0 Å². The summed E-state index contributed by atoms with van der Waals surface area (Å²) in [5.41, 5.74) is 5.82. The molecule has 0 saturated carbocycles. The number of nitrogens with one attached hydrogen (secondary N) is 1. The van der Waals surface area contributed by atoms with Crippen LogP contribution in [0.15, 0.2) is 12.1 Å². The first kappa shape index (κ1) is 11.8. The van der Waals surface area contributed by atoms with Crippen LogP contribution in [0.4, 0.5) is 8.78 Å². The van der Waals surface area contributed by atoms with E-state index >= 15 is 0 Å². The lowest BCUT2D eigenvalue weighted by molar-refractivity contribution is 0.507. The molecule has 0 aliphatic heterocycles. The maximum absolute atomic E-state index is 12.6. The summed E-state index contributed by atoms with van der Waals surface area (Å²) in [7, 11) is 0. The molecule has 0 unspecified atom stereocenters. The molecule has 1 rings (SSSR count). The molecule has 1 aromatic rings. The minimum Gasteiger partial charge on any atom is -0.384 e. The van der Waals surface area contributed by atoms with Crippen LogP contribution in [0.25, 0.3) is 0 Å². The number of nitrogen functional groups attached to an aromatic ring is 1. The Morgan fingerprint density at radius 2 is 1.77 bits per heavy atom. The molecular weight excluding hydrogens is 198 g/mol. The minimum atomic E-state index is -0.981. The van der Waals surface area contributed by atoms with E-state index in [4.69, 9.17) is 11.1 Å². The zero-order valence-electron chi connectivity index (χ0n) is 6.90. The van der Waals surface area contributed by atoms with Crippen molar-refractivity contribution in [3.8, 4) is 0 Å². The Bertz CT molecular complexity index is 339. The fourth-order valence-corrected chi connectivity index (χ4v) is 0.936. The fourth-order valence-electron chi connectivity index (χ4n) is 0.936. The second kappa shape index (κ2) is 4.18. The van der Waals surface area contributed by atoms with E-state index in [9.17, 15) is 8.78 Å². The number of amidine groups is 1. The zero-order chi connectivity index (χ0) is 9.30. The van der Waals surface area contributed by atoms with Gasteiger partial charge in [-0.2, -0.15) is 0 Å². The molecule has 72 valence electrons. The van der Waals surface area contributed by atoms with E-state index in [2.05, 4.69) is 0 Å². The summed E-state index contributed by atoms with van der Waals surface area (Å²) in [6.45, 7) is 1.57. The van der Waals surface area contributed by atoms with Gasteiger partial charge in [-0.1, -0.05) is 0 Å². The fraction of sp³-hybridized carbons (Fsp3) is 0.125. The largest absolute Gasteiger partial charge is 0.384 e. The number of rotatable bonds is 1. The predicted octanol–water partition coefficient (Wildman–Crippen LogP) is 1.98. The lowest BCUT2D eigenvalue weighted by Gasteiger charge is -2.03. The van der Waals surface area contributed by atoms with Crippen molar-refractivity contribution in [3.05, 3.63) is 34.9 Å². The molecule has 0 spiro atoms. The second-order valence-electron chi connectivity index (χ2n) is 2.49. The average Bonchev–Trinajstić information content (AvgIpc) is 1.96. The van der Waals surface area contributed by atoms with Gasteiger partial charge in [0.15, 0.2) is 11.6 Å². The summed E-state index contributed by atoms with van der Waals surface area (Å²) in [6.07, 6.45) is 0. The summed E-state index contributed by atoms with van der Waals surface area (Å²) in [5.74, 6) is -2.16. The quantitative estimate of drug-likeness (QED) is 0.536. The third-order valence-corrected chi connectivity index (χ3v) is 1.56. The maximum Gasteiger partial charge on any atom is 0.159 e. The molecule has 13 heavy (non-hydrogen) atoms. The van der Waals surface area contributed by atoms with Crippen molar-refractivity contribution in [2.24, 2.45) is 5.73 Å². The Morgan fingerprint density at radius 3 is 2.23 bits per heavy atom. The van der Waals surface area contributed by atoms with E-state index in [-0.39, 0.29) is 23.8 Å². The summed E-state index contributed by atoms with van der Waals surface area (Å²) >= 11 is 0. The highest BCUT2D eigenvalue weighted by Crippen LogP contribution is 2.13. The van der Waals surface area contributed by atoms with Gasteiger partial charge in [0.2, 0.25) is 0 Å². The first-order valence-corrected chi connectivity index (χ1v) is 3.32. The van der Waals surface area contributed by atoms with Crippen molar-refractivity contribution in [2.45, 2.75) is 6.92 Å². The smallest absolute Gasteiger partial charge is 0.159 e. The van der Waals surface area contributed by atoms with E-state index in [1.807, 2.05) is 0 Å². The maximum atomic E-state index is 12.6. The van der Waals surface area contributed by atoms with Gasteiger partial charge in [0.25, 0.3) is 0 Å². The number of nitrogens with two attached hydrogens (primary N) is 1. The van der Waals surface area contributed by atoms with Crippen LogP contribution < -0.4 is 5.73 Å². The van der Waals surface area contributed by atoms with Crippen molar-refractivity contribution < 1.29 is 8.78 Å². The molecule has 0 bridgehead atoms. The molecule has 0 saturated heterocycles. The number of hydrogen-bond acceptors (Lipinski definition) is 1. The standard InChI is InChI=1S/C8H8F2N2.ClH/c1-4-2-6(9)7(10)3-5(4)8(11)12;/h2-3H,1H3,(H3,11,12);1H. The number of aryl methyl sites for hydroxylation is 1. The van der Waals surface area contributed by atoms with E-state index in [0.29, 0.717) is 5.56 Å². The van der Waals surface area contributed by atoms with Crippen molar-refractivity contribution in [3.63, 3.8) is 0 Å². The Kier molecular flexibility index (Phi) is 3.81. The minimum absolute atomic E-state index is 0. The van der Waals surface area contributed by atoms with Crippen LogP contribution in [-0.2, 0) is 0 Å². The SMILES string of the molecule is Cc1cc(F)c(F)cc1C(=N)N.Cl. The lowest BCUT2D eigenvalue weighted by atomic mass is 10.1. The summed E-state index contributed by atoms with van der Waals surface area (Å²) in [4.78, 5) is 0. The van der Waals surface area contributed by atoms with Crippen molar-refractivity contribution in [1.82, 2.24) is 0 Å². The van der Waals surface area contributed by atoms with Crippen LogP contribution >= 0.6 is 12.4 Å².